The lowest BCUT2D eigenvalue weighted by molar-refractivity contribution is 0.611. The zero-order chi connectivity index (χ0) is 12.8. The molecule has 1 fully saturated rings. The van der Waals surface area contributed by atoms with Crippen molar-refractivity contribution in [3.8, 4) is 11.3 Å². The zero-order valence-corrected chi connectivity index (χ0v) is 12.1. The average molecular weight is 280 g/mol. The minimum Gasteiger partial charge on any atom is -0.382 e. The van der Waals surface area contributed by atoms with Gasteiger partial charge in [-0.25, -0.2) is 4.98 Å². The summed E-state index contributed by atoms with van der Waals surface area (Å²) in [4.78, 5) is 4.50. The molecule has 96 valence electrons. The van der Waals surface area contributed by atoms with E-state index < -0.39 is 0 Å². The SMILES string of the molecule is Cc1nc(-c2c(N)nsc2NCC2(C)CC2)cs1. The molecular weight excluding hydrogens is 264 g/mol. The fourth-order valence-corrected chi connectivity index (χ4v) is 3.15. The fraction of sp³-hybridized carbons (Fsp3) is 0.500. The first-order valence-electron chi connectivity index (χ1n) is 5.99. The minimum absolute atomic E-state index is 0.466. The maximum absolute atomic E-state index is 5.96. The van der Waals surface area contributed by atoms with E-state index in [1.807, 2.05) is 12.3 Å². The molecule has 2 heterocycles. The highest BCUT2D eigenvalue weighted by atomic mass is 32.1. The minimum atomic E-state index is 0.466. The number of hydrogen-bond acceptors (Lipinski definition) is 6. The van der Waals surface area contributed by atoms with Crippen molar-refractivity contribution in [2.75, 3.05) is 17.6 Å². The molecule has 0 saturated heterocycles. The van der Waals surface area contributed by atoms with Crippen LogP contribution in [-0.2, 0) is 0 Å². The molecule has 1 saturated carbocycles. The highest BCUT2D eigenvalue weighted by Crippen LogP contribution is 2.46. The molecule has 2 aromatic rings. The molecule has 0 unspecified atom stereocenters. The molecule has 0 bridgehead atoms. The van der Waals surface area contributed by atoms with E-state index in [9.17, 15) is 0 Å². The molecule has 1 aliphatic rings. The fourth-order valence-electron chi connectivity index (χ4n) is 1.83. The van der Waals surface area contributed by atoms with Gasteiger partial charge in [-0.3, -0.25) is 0 Å². The predicted octanol–water partition coefficient (Wildman–Crippen LogP) is 3.37. The van der Waals surface area contributed by atoms with Crippen LogP contribution in [0, 0.1) is 12.3 Å². The topological polar surface area (TPSA) is 63.8 Å². The van der Waals surface area contributed by atoms with E-state index in [4.69, 9.17) is 5.73 Å². The van der Waals surface area contributed by atoms with Crippen LogP contribution in [0.3, 0.4) is 0 Å². The van der Waals surface area contributed by atoms with E-state index in [2.05, 4.69) is 21.6 Å². The van der Waals surface area contributed by atoms with Crippen molar-refractivity contribution in [2.24, 2.45) is 5.41 Å². The summed E-state index contributed by atoms with van der Waals surface area (Å²) in [5, 5.41) is 7.62. The van der Waals surface area contributed by atoms with Crippen molar-refractivity contribution in [1.29, 1.82) is 0 Å². The van der Waals surface area contributed by atoms with Crippen LogP contribution >= 0.6 is 22.9 Å². The van der Waals surface area contributed by atoms with Crippen LogP contribution in [0.1, 0.15) is 24.8 Å². The van der Waals surface area contributed by atoms with Crippen LogP contribution in [0.25, 0.3) is 11.3 Å². The van der Waals surface area contributed by atoms with E-state index in [0.717, 1.165) is 27.8 Å². The van der Waals surface area contributed by atoms with Crippen LogP contribution in [0.4, 0.5) is 10.8 Å². The lowest BCUT2D eigenvalue weighted by Crippen LogP contribution is -2.11. The molecule has 0 aliphatic heterocycles. The summed E-state index contributed by atoms with van der Waals surface area (Å²) in [6.07, 6.45) is 2.61. The van der Waals surface area contributed by atoms with E-state index in [1.54, 1.807) is 11.3 Å². The zero-order valence-electron chi connectivity index (χ0n) is 10.5. The van der Waals surface area contributed by atoms with Gasteiger partial charge in [0.15, 0.2) is 0 Å². The number of nitrogens with one attached hydrogen (secondary N) is 1. The molecule has 18 heavy (non-hydrogen) atoms. The van der Waals surface area contributed by atoms with Crippen LogP contribution in [-0.4, -0.2) is 15.9 Å². The standard InChI is InChI=1S/C12H16N4S2/c1-7-15-8(5-17-7)9-10(13)16-18-11(9)14-6-12(2)3-4-12/h5,14H,3-4,6H2,1-2H3,(H2,13,16). The second kappa shape index (κ2) is 4.20. The van der Waals surface area contributed by atoms with Gasteiger partial charge >= 0.3 is 0 Å². The molecular formula is C12H16N4S2. The van der Waals surface area contributed by atoms with Gasteiger partial charge in [0.2, 0.25) is 0 Å². The molecule has 0 spiro atoms. The molecule has 3 N–H and O–H groups in total. The quantitative estimate of drug-likeness (QED) is 0.901. The van der Waals surface area contributed by atoms with Gasteiger partial charge in [0.05, 0.1) is 16.3 Å². The van der Waals surface area contributed by atoms with Crippen molar-refractivity contribution in [3.63, 3.8) is 0 Å². The Hall–Kier alpha value is -1.14. The number of thiazole rings is 1. The summed E-state index contributed by atoms with van der Waals surface area (Å²) in [5.41, 5.74) is 8.33. The third-order valence-electron chi connectivity index (χ3n) is 3.37. The first-order chi connectivity index (χ1) is 8.57. The van der Waals surface area contributed by atoms with Crippen molar-refractivity contribution < 1.29 is 0 Å². The maximum atomic E-state index is 5.96. The Morgan fingerprint density at radius 2 is 2.28 bits per heavy atom. The van der Waals surface area contributed by atoms with Gasteiger partial charge in [0, 0.05) is 11.9 Å². The number of nitrogen functional groups attached to an aromatic ring is 1. The Morgan fingerprint density at radius 1 is 1.50 bits per heavy atom. The number of aromatic nitrogens is 2. The van der Waals surface area contributed by atoms with E-state index in [1.165, 1.54) is 24.4 Å². The first kappa shape index (κ1) is 11.9. The van der Waals surface area contributed by atoms with E-state index in [0.29, 0.717) is 11.2 Å². The Labute approximate surface area is 114 Å². The van der Waals surface area contributed by atoms with Crippen LogP contribution in [0.15, 0.2) is 5.38 Å². The molecule has 0 atom stereocenters. The summed E-state index contributed by atoms with van der Waals surface area (Å²) in [6.45, 7) is 5.30. The summed E-state index contributed by atoms with van der Waals surface area (Å²) in [7, 11) is 0. The largest absolute Gasteiger partial charge is 0.382 e. The molecule has 2 aromatic heterocycles. The van der Waals surface area contributed by atoms with Crippen molar-refractivity contribution >= 4 is 33.7 Å². The molecule has 0 aromatic carbocycles. The highest BCUT2D eigenvalue weighted by Gasteiger charge is 2.37. The van der Waals surface area contributed by atoms with E-state index >= 15 is 0 Å². The number of anilines is 2. The lowest BCUT2D eigenvalue weighted by atomic mass is 10.1. The summed E-state index contributed by atoms with van der Waals surface area (Å²) in [6, 6.07) is 0. The number of aryl methyl sites for hydroxylation is 1. The summed E-state index contributed by atoms with van der Waals surface area (Å²) >= 11 is 3.07. The molecule has 6 heteroatoms. The summed E-state index contributed by atoms with van der Waals surface area (Å²) < 4.78 is 4.24. The Balaban J connectivity index is 1.86. The molecule has 4 nitrogen and oxygen atoms in total. The highest BCUT2D eigenvalue weighted by molar-refractivity contribution is 7.11. The number of rotatable bonds is 4. The molecule has 1 aliphatic carbocycles. The van der Waals surface area contributed by atoms with Gasteiger partial charge < -0.3 is 11.1 Å². The number of nitrogens with zero attached hydrogens (tertiary/aromatic N) is 2. The van der Waals surface area contributed by atoms with Crippen molar-refractivity contribution in [2.45, 2.75) is 26.7 Å². The normalized spacial score (nSPS) is 16.8. The van der Waals surface area contributed by atoms with Gasteiger partial charge in [0.1, 0.15) is 10.8 Å². The van der Waals surface area contributed by atoms with Crippen LogP contribution in [0.2, 0.25) is 0 Å². The maximum Gasteiger partial charge on any atom is 0.148 e. The predicted molar refractivity (Wildman–Crippen MR) is 78.2 cm³/mol. The average Bonchev–Trinajstić information content (AvgIpc) is 2.74. The van der Waals surface area contributed by atoms with Gasteiger partial charge in [0.25, 0.3) is 0 Å². The van der Waals surface area contributed by atoms with E-state index in [-0.39, 0.29) is 0 Å². The van der Waals surface area contributed by atoms with Gasteiger partial charge in [-0.2, -0.15) is 4.37 Å². The first-order valence-corrected chi connectivity index (χ1v) is 7.64. The molecule has 0 amide bonds. The second-order valence-electron chi connectivity index (χ2n) is 5.19. The number of nitrogens with two attached hydrogens (primary N) is 1. The smallest absolute Gasteiger partial charge is 0.148 e. The third kappa shape index (κ3) is 2.22. The molecule has 3 rings (SSSR count). The van der Waals surface area contributed by atoms with Crippen molar-refractivity contribution in [1.82, 2.24) is 9.36 Å². The van der Waals surface area contributed by atoms with Crippen molar-refractivity contribution in [3.05, 3.63) is 10.4 Å². The lowest BCUT2D eigenvalue weighted by Gasteiger charge is -2.10. The monoisotopic (exact) mass is 280 g/mol. The van der Waals surface area contributed by atoms with Crippen LogP contribution < -0.4 is 11.1 Å². The van der Waals surface area contributed by atoms with Gasteiger partial charge in [-0.15, -0.1) is 11.3 Å². The summed E-state index contributed by atoms with van der Waals surface area (Å²) in [5.74, 6) is 0.578. The Morgan fingerprint density at radius 3 is 2.89 bits per heavy atom. The second-order valence-corrected chi connectivity index (χ2v) is 7.02. The van der Waals surface area contributed by atoms with Gasteiger partial charge in [-0.1, -0.05) is 6.92 Å². The Kier molecular flexibility index (Phi) is 2.79. The Bertz CT molecular complexity index is 568. The third-order valence-corrected chi connectivity index (χ3v) is 4.97. The van der Waals surface area contributed by atoms with Crippen LogP contribution in [0.5, 0.6) is 0 Å². The number of hydrogen-bond donors (Lipinski definition) is 2. The van der Waals surface area contributed by atoms with Gasteiger partial charge in [-0.05, 0) is 36.7 Å². The molecule has 0 radical (unpaired) electrons.